The Labute approximate surface area is 191 Å². The Kier molecular flexibility index (Phi) is 5.33. The number of methoxy groups -OCH3 is 1. The summed E-state index contributed by atoms with van der Waals surface area (Å²) in [7, 11) is 1.59. The lowest BCUT2D eigenvalue weighted by Crippen LogP contribution is -2.38. The minimum Gasteiger partial charge on any atom is -0.495 e. The van der Waals surface area contributed by atoms with Gasteiger partial charge in [0, 0.05) is 16.9 Å². The molecule has 0 saturated heterocycles. The predicted octanol–water partition coefficient (Wildman–Crippen LogP) is 6.28. The highest BCUT2D eigenvalue weighted by Crippen LogP contribution is 2.37. The molecule has 32 heavy (non-hydrogen) atoms. The molecule has 160 valence electrons. The number of carbonyl (C=O) groups is 1. The Morgan fingerprint density at radius 3 is 2.53 bits per heavy atom. The topological polar surface area (TPSA) is 46.5 Å². The van der Waals surface area contributed by atoms with Gasteiger partial charge in [-0.25, -0.2) is 4.79 Å². The molecule has 6 heteroatoms. The van der Waals surface area contributed by atoms with Gasteiger partial charge in [-0.15, -0.1) is 0 Å². The van der Waals surface area contributed by atoms with Gasteiger partial charge < -0.3 is 19.5 Å². The van der Waals surface area contributed by atoms with Crippen LogP contribution >= 0.6 is 11.6 Å². The van der Waals surface area contributed by atoms with Gasteiger partial charge in [0.05, 0.1) is 31.1 Å². The third kappa shape index (κ3) is 3.61. The van der Waals surface area contributed by atoms with Gasteiger partial charge in [-0.2, -0.15) is 0 Å². The van der Waals surface area contributed by atoms with Crippen molar-refractivity contribution in [1.82, 2.24) is 9.47 Å². The summed E-state index contributed by atoms with van der Waals surface area (Å²) in [6.07, 6.45) is 2.04. The van der Waals surface area contributed by atoms with Crippen LogP contribution in [0.1, 0.15) is 22.9 Å². The number of nitrogens with one attached hydrogen (secondary N) is 1. The molecular formula is C26H22ClN3O2. The molecule has 0 unspecified atom stereocenters. The summed E-state index contributed by atoms with van der Waals surface area (Å²) in [6, 6.07) is 26.8. The predicted molar refractivity (Wildman–Crippen MR) is 127 cm³/mol. The molecule has 1 aliphatic rings. The van der Waals surface area contributed by atoms with Crippen molar-refractivity contribution in [2.75, 3.05) is 12.4 Å². The summed E-state index contributed by atoms with van der Waals surface area (Å²) < 4.78 is 7.59. The second-order valence-electron chi connectivity index (χ2n) is 7.64. The van der Waals surface area contributed by atoms with Crippen molar-refractivity contribution in [2.45, 2.75) is 12.6 Å². The zero-order valence-electron chi connectivity index (χ0n) is 17.5. The number of aromatic nitrogens is 1. The van der Waals surface area contributed by atoms with E-state index in [1.165, 1.54) is 0 Å². The second kappa shape index (κ2) is 8.44. The van der Waals surface area contributed by atoms with Crippen molar-refractivity contribution in [3.05, 3.63) is 113 Å². The molecule has 0 bridgehead atoms. The van der Waals surface area contributed by atoms with Crippen LogP contribution in [0.2, 0.25) is 5.02 Å². The van der Waals surface area contributed by atoms with Gasteiger partial charge in [-0.1, -0.05) is 54.1 Å². The van der Waals surface area contributed by atoms with Gasteiger partial charge >= 0.3 is 6.03 Å². The first kappa shape index (κ1) is 20.2. The van der Waals surface area contributed by atoms with Crippen LogP contribution in [0.3, 0.4) is 0 Å². The smallest absolute Gasteiger partial charge is 0.323 e. The number of ether oxygens (including phenoxy) is 1. The molecule has 0 aliphatic carbocycles. The minimum atomic E-state index is -0.302. The maximum Gasteiger partial charge on any atom is 0.323 e. The van der Waals surface area contributed by atoms with Crippen LogP contribution in [0.15, 0.2) is 91.1 Å². The third-order valence-electron chi connectivity index (χ3n) is 5.76. The first-order valence-corrected chi connectivity index (χ1v) is 10.7. The number of benzene rings is 3. The molecule has 0 fully saturated rings. The Morgan fingerprint density at radius 2 is 1.72 bits per heavy atom. The first-order valence-electron chi connectivity index (χ1n) is 10.4. The second-order valence-corrected chi connectivity index (χ2v) is 8.08. The van der Waals surface area contributed by atoms with Gasteiger partial charge in [0.15, 0.2) is 0 Å². The molecule has 4 aromatic rings. The van der Waals surface area contributed by atoms with Gasteiger partial charge in [0.1, 0.15) is 5.75 Å². The lowest BCUT2D eigenvalue weighted by molar-refractivity contribution is 0.194. The van der Waals surface area contributed by atoms with Crippen molar-refractivity contribution in [1.29, 1.82) is 0 Å². The monoisotopic (exact) mass is 443 g/mol. The zero-order valence-corrected chi connectivity index (χ0v) is 18.3. The fourth-order valence-corrected chi connectivity index (χ4v) is 4.40. The van der Waals surface area contributed by atoms with E-state index in [9.17, 15) is 4.79 Å². The van der Waals surface area contributed by atoms with Crippen LogP contribution in [0, 0.1) is 0 Å². The van der Waals surface area contributed by atoms with Crippen molar-refractivity contribution < 1.29 is 9.53 Å². The fraction of sp³-hybridized carbons (Fsp3) is 0.115. The third-order valence-corrected chi connectivity index (χ3v) is 6.01. The van der Waals surface area contributed by atoms with Crippen molar-refractivity contribution in [2.24, 2.45) is 0 Å². The number of rotatable bonds is 3. The van der Waals surface area contributed by atoms with Crippen LogP contribution in [0.25, 0.3) is 5.69 Å². The number of hydrogen-bond donors (Lipinski definition) is 1. The number of anilines is 1. The Hall–Kier alpha value is -3.70. The number of hydrogen-bond acceptors (Lipinski definition) is 2. The molecule has 2 amide bonds. The van der Waals surface area contributed by atoms with Crippen LogP contribution < -0.4 is 10.1 Å². The van der Waals surface area contributed by atoms with E-state index in [-0.39, 0.29) is 12.1 Å². The van der Waals surface area contributed by atoms with E-state index in [0.717, 1.165) is 22.5 Å². The number of para-hydroxylation sites is 3. The molecule has 5 nitrogen and oxygen atoms in total. The standard InChI is InChI=1S/C26H22ClN3O2/c1-32-24-11-5-3-8-21(24)28-26(31)30-17-19-7-2-4-9-22(19)29-16-6-10-23(29)25(30)18-12-14-20(27)15-13-18/h2-16,25H,17H2,1H3,(H,28,31)/t25-/m1/s1. The number of fused-ring (bicyclic) bond motifs is 3. The van der Waals surface area contributed by atoms with Gasteiger partial charge in [-0.3, -0.25) is 0 Å². The highest BCUT2D eigenvalue weighted by molar-refractivity contribution is 6.30. The summed E-state index contributed by atoms with van der Waals surface area (Å²) in [5.41, 5.74) is 4.75. The maximum absolute atomic E-state index is 13.7. The fourth-order valence-electron chi connectivity index (χ4n) is 4.27. The quantitative estimate of drug-likeness (QED) is 0.405. The molecule has 2 heterocycles. The van der Waals surface area contributed by atoms with E-state index >= 15 is 0 Å². The van der Waals surface area contributed by atoms with Crippen LogP contribution in [-0.2, 0) is 6.54 Å². The summed E-state index contributed by atoms with van der Waals surface area (Å²) in [5.74, 6) is 0.613. The van der Waals surface area contributed by atoms with Gasteiger partial charge in [-0.05, 0) is 53.6 Å². The molecule has 0 radical (unpaired) electrons. The van der Waals surface area contributed by atoms with E-state index < -0.39 is 0 Å². The van der Waals surface area contributed by atoms with E-state index in [2.05, 4.69) is 28.1 Å². The molecule has 3 aromatic carbocycles. The average molecular weight is 444 g/mol. The summed E-state index contributed by atoms with van der Waals surface area (Å²) in [5, 5.41) is 3.71. The van der Waals surface area contributed by atoms with Gasteiger partial charge in [0.2, 0.25) is 0 Å². The van der Waals surface area contributed by atoms with E-state index in [1.54, 1.807) is 7.11 Å². The molecule has 1 N–H and O–H groups in total. The van der Waals surface area contributed by atoms with Crippen molar-refractivity contribution in [3.8, 4) is 11.4 Å². The molecule has 1 aromatic heterocycles. The minimum absolute atomic E-state index is 0.209. The highest BCUT2D eigenvalue weighted by Gasteiger charge is 2.33. The number of halogens is 1. The average Bonchev–Trinajstić information content (AvgIpc) is 3.24. The lowest BCUT2D eigenvalue weighted by atomic mass is 10.0. The molecule has 1 atom stereocenters. The Bertz CT molecular complexity index is 1270. The number of amides is 2. The molecule has 0 saturated carbocycles. The maximum atomic E-state index is 13.7. The Balaban J connectivity index is 1.63. The zero-order chi connectivity index (χ0) is 22.1. The summed E-state index contributed by atoms with van der Waals surface area (Å²) in [4.78, 5) is 15.6. The SMILES string of the molecule is COc1ccccc1NC(=O)N1Cc2ccccc2-n2cccc2[C@H]1c1ccc(Cl)cc1. The number of carbonyl (C=O) groups excluding carboxylic acids is 1. The largest absolute Gasteiger partial charge is 0.495 e. The molecule has 5 rings (SSSR count). The van der Waals surface area contributed by atoms with Crippen LogP contribution in [0.4, 0.5) is 10.5 Å². The molecule has 0 spiro atoms. The number of urea groups is 1. The summed E-state index contributed by atoms with van der Waals surface area (Å²) >= 11 is 6.16. The van der Waals surface area contributed by atoms with Crippen molar-refractivity contribution in [3.63, 3.8) is 0 Å². The van der Waals surface area contributed by atoms with Crippen LogP contribution in [0.5, 0.6) is 5.75 Å². The molecule has 1 aliphatic heterocycles. The van der Waals surface area contributed by atoms with Gasteiger partial charge in [0.25, 0.3) is 0 Å². The molecular weight excluding hydrogens is 422 g/mol. The summed E-state index contributed by atoms with van der Waals surface area (Å²) in [6.45, 7) is 0.451. The van der Waals surface area contributed by atoms with Crippen molar-refractivity contribution >= 4 is 23.3 Å². The van der Waals surface area contributed by atoms with E-state index in [4.69, 9.17) is 16.3 Å². The van der Waals surface area contributed by atoms with E-state index in [1.807, 2.05) is 77.8 Å². The number of nitrogens with zero attached hydrogens (tertiary/aromatic N) is 2. The highest BCUT2D eigenvalue weighted by atomic mass is 35.5. The van der Waals surface area contributed by atoms with Crippen LogP contribution in [-0.4, -0.2) is 22.6 Å². The normalized spacial score (nSPS) is 14.8. The first-order chi connectivity index (χ1) is 15.7. The van der Waals surface area contributed by atoms with E-state index in [0.29, 0.717) is 23.0 Å². The lowest BCUT2D eigenvalue weighted by Gasteiger charge is -2.31. The Morgan fingerprint density at radius 1 is 0.969 bits per heavy atom.